The zero-order valence-electron chi connectivity index (χ0n) is 10.9. The first kappa shape index (κ1) is 14.0. The van der Waals surface area contributed by atoms with Crippen LogP contribution in [0.25, 0.3) is 0 Å². The fourth-order valence-corrected chi connectivity index (χ4v) is 2.60. The molecule has 0 aliphatic carbocycles. The highest BCUT2D eigenvalue weighted by atomic mass is 79.9. The molecule has 0 amide bonds. The maximum atomic E-state index is 5.92. The summed E-state index contributed by atoms with van der Waals surface area (Å²) < 4.78 is 6.98. The number of pyridine rings is 1. The quantitative estimate of drug-likeness (QED) is 0.920. The highest BCUT2D eigenvalue weighted by molar-refractivity contribution is 9.10. The average Bonchev–Trinajstić information content (AvgIpc) is 2.39. The molecule has 3 nitrogen and oxygen atoms in total. The SMILES string of the molecule is Cc1cc(Br)cc(CCN)c1OCc1ccccn1. The molecule has 0 spiro atoms. The number of benzene rings is 1. The summed E-state index contributed by atoms with van der Waals surface area (Å²) in [5.41, 5.74) is 8.81. The molecule has 0 radical (unpaired) electrons. The standard InChI is InChI=1S/C15H17BrN2O/c1-11-8-13(16)9-12(5-6-17)15(11)19-10-14-4-2-3-7-18-14/h2-4,7-9H,5-6,10,17H2,1H3. The summed E-state index contributed by atoms with van der Waals surface area (Å²) in [7, 11) is 0. The van der Waals surface area contributed by atoms with Crippen LogP contribution >= 0.6 is 15.9 Å². The summed E-state index contributed by atoms with van der Waals surface area (Å²) in [6, 6.07) is 9.92. The van der Waals surface area contributed by atoms with Crippen molar-refractivity contribution in [3.05, 3.63) is 57.8 Å². The molecule has 100 valence electrons. The van der Waals surface area contributed by atoms with E-state index in [2.05, 4.69) is 27.0 Å². The predicted molar refractivity (Wildman–Crippen MR) is 80.2 cm³/mol. The van der Waals surface area contributed by atoms with Gasteiger partial charge >= 0.3 is 0 Å². The van der Waals surface area contributed by atoms with Gasteiger partial charge in [0, 0.05) is 10.7 Å². The molecule has 0 saturated carbocycles. The number of rotatable bonds is 5. The second-order valence-electron chi connectivity index (χ2n) is 4.36. The van der Waals surface area contributed by atoms with E-state index >= 15 is 0 Å². The molecular formula is C15H17BrN2O. The van der Waals surface area contributed by atoms with Gasteiger partial charge in [0.05, 0.1) is 5.69 Å². The van der Waals surface area contributed by atoms with Crippen molar-refractivity contribution in [3.8, 4) is 5.75 Å². The Morgan fingerprint density at radius 3 is 2.84 bits per heavy atom. The fourth-order valence-electron chi connectivity index (χ4n) is 1.98. The summed E-state index contributed by atoms with van der Waals surface area (Å²) in [6.45, 7) is 3.12. The van der Waals surface area contributed by atoms with Crippen LogP contribution in [0.4, 0.5) is 0 Å². The summed E-state index contributed by atoms with van der Waals surface area (Å²) in [5, 5.41) is 0. The van der Waals surface area contributed by atoms with E-state index in [1.54, 1.807) is 6.20 Å². The number of ether oxygens (including phenoxy) is 1. The van der Waals surface area contributed by atoms with Crippen LogP contribution in [0.3, 0.4) is 0 Å². The zero-order valence-corrected chi connectivity index (χ0v) is 12.5. The third-order valence-electron chi connectivity index (χ3n) is 2.82. The van der Waals surface area contributed by atoms with Crippen LogP contribution in [0, 0.1) is 6.92 Å². The number of nitrogens with two attached hydrogens (primary N) is 1. The molecule has 19 heavy (non-hydrogen) atoms. The molecule has 2 rings (SSSR count). The van der Waals surface area contributed by atoms with E-state index in [1.165, 1.54) is 0 Å². The maximum absolute atomic E-state index is 5.92. The highest BCUT2D eigenvalue weighted by Gasteiger charge is 2.09. The van der Waals surface area contributed by atoms with Crippen molar-refractivity contribution in [2.24, 2.45) is 5.73 Å². The molecule has 4 heteroatoms. The van der Waals surface area contributed by atoms with Gasteiger partial charge < -0.3 is 10.5 Å². The normalized spacial score (nSPS) is 10.5. The molecular weight excluding hydrogens is 304 g/mol. The highest BCUT2D eigenvalue weighted by Crippen LogP contribution is 2.29. The van der Waals surface area contributed by atoms with E-state index in [1.807, 2.05) is 31.2 Å². The number of halogens is 1. The third-order valence-corrected chi connectivity index (χ3v) is 3.28. The lowest BCUT2D eigenvalue weighted by molar-refractivity contribution is 0.296. The molecule has 1 aromatic heterocycles. The van der Waals surface area contributed by atoms with E-state index in [0.29, 0.717) is 13.2 Å². The van der Waals surface area contributed by atoms with E-state index in [-0.39, 0.29) is 0 Å². The first-order valence-corrected chi connectivity index (χ1v) is 7.02. The van der Waals surface area contributed by atoms with Gasteiger partial charge in [-0.2, -0.15) is 0 Å². The topological polar surface area (TPSA) is 48.1 Å². The van der Waals surface area contributed by atoms with E-state index in [9.17, 15) is 0 Å². The maximum Gasteiger partial charge on any atom is 0.130 e. The van der Waals surface area contributed by atoms with Crippen LogP contribution in [0.5, 0.6) is 5.75 Å². The second-order valence-corrected chi connectivity index (χ2v) is 5.28. The summed E-state index contributed by atoms with van der Waals surface area (Å²) in [6.07, 6.45) is 2.58. The second kappa shape index (κ2) is 6.68. The smallest absolute Gasteiger partial charge is 0.130 e. The number of nitrogens with zero attached hydrogens (tertiary/aromatic N) is 1. The van der Waals surface area contributed by atoms with Crippen molar-refractivity contribution in [1.29, 1.82) is 0 Å². The Labute approximate surface area is 121 Å². The summed E-state index contributed by atoms with van der Waals surface area (Å²) >= 11 is 3.50. The molecule has 0 atom stereocenters. The number of hydrogen-bond donors (Lipinski definition) is 1. The Balaban J connectivity index is 2.19. The molecule has 1 heterocycles. The Hall–Kier alpha value is -1.39. The van der Waals surface area contributed by atoms with Crippen LogP contribution in [0.2, 0.25) is 0 Å². The van der Waals surface area contributed by atoms with Gasteiger partial charge in [0.25, 0.3) is 0 Å². The van der Waals surface area contributed by atoms with Gasteiger partial charge in [-0.05, 0) is 55.3 Å². The van der Waals surface area contributed by atoms with Crippen molar-refractivity contribution in [2.45, 2.75) is 20.0 Å². The van der Waals surface area contributed by atoms with E-state index in [0.717, 1.165) is 33.5 Å². The molecule has 0 bridgehead atoms. The van der Waals surface area contributed by atoms with Gasteiger partial charge in [-0.3, -0.25) is 4.98 Å². The molecule has 2 aromatic rings. The Morgan fingerprint density at radius 1 is 1.32 bits per heavy atom. The zero-order chi connectivity index (χ0) is 13.7. The monoisotopic (exact) mass is 320 g/mol. The lowest BCUT2D eigenvalue weighted by Crippen LogP contribution is -2.07. The van der Waals surface area contributed by atoms with Crippen LogP contribution in [0.1, 0.15) is 16.8 Å². The number of aryl methyl sites for hydroxylation is 1. The van der Waals surface area contributed by atoms with Crippen LogP contribution in [-0.4, -0.2) is 11.5 Å². The minimum atomic E-state index is 0.473. The summed E-state index contributed by atoms with van der Waals surface area (Å²) in [4.78, 5) is 4.26. The largest absolute Gasteiger partial charge is 0.487 e. The Kier molecular flexibility index (Phi) is 4.93. The Morgan fingerprint density at radius 2 is 2.16 bits per heavy atom. The predicted octanol–water partition coefficient (Wildman–Crippen LogP) is 3.23. The van der Waals surface area contributed by atoms with Gasteiger partial charge in [-0.15, -0.1) is 0 Å². The molecule has 0 unspecified atom stereocenters. The van der Waals surface area contributed by atoms with Crippen molar-refractivity contribution >= 4 is 15.9 Å². The van der Waals surface area contributed by atoms with Crippen molar-refractivity contribution in [3.63, 3.8) is 0 Å². The van der Waals surface area contributed by atoms with E-state index < -0.39 is 0 Å². The average molecular weight is 321 g/mol. The molecule has 0 saturated heterocycles. The van der Waals surface area contributed by atoms with Gasteiger partial charge in [0.2, 0.25) is 0 Å². The third kappa shape index (κ3) is 3.78. The van der Waals surface area contributed by atoms with Gasteiger partial charge in [-0.25, -0.2) is 0 Å². The van der Waals surface area contributed by atoms with Crippen LogP contribution < -0.4 is 10.5 Å². The first-order chi connectivity index (χ1) is 9.20. The van der Waals surface area contributed by atoms with Crippen molar-refractivity contribution < 1.29 is 4.74 Å². The minimum Gasteiger partial charge on any atom is -0.487 e. The van der Waals surface area contributed by atoms with Gasteiger partial charge in [0.1, 0.15) is 12.4 Å². The minimum absolute atomic E-state index is 0.473. The van der Waals surface area contributed by atoms with Gasteiger partial charge in [-0.1, -0.05) is 22.0 Å². The molecule has 0 fully saturated rings. The van der Waals surface area contributed by atoms with Gasteiger partial charge in [0.15, 0.2) is 0 Å². The van der Waals surface area contributed by atoms with Crippen LogP contribution in [-0.2, 0) is 13.0 Å². The summed E-state index contributed by atoms with van der Waals surface area (Å²) in [5.74, 6) is 0.916. The number of aromatic nitrogens is 1. The lowest BCUT2D eigenvalue weighted by Gasteiger charge is -2.14. The number of hydrogen-bond acceptors (Lipinski definition) is 3. The van der Waals surface area contributed by atoms with Crippen molar-refractivity contribution in [1.82, 2.24) is 4.98 Å². The molecule has 0 aliphatic rings. The Bertz CT molecular complexity index is 543. The fraction of sp³-hybridized carbons (Fsp3) is 0.267. The first-order valence-electron chi connectivity index (χ1n) is 6.22. The lowest BCUT2D eigenvalue weighted by atomic mass is 10.1. The van der Waals surface area contributed by atoms with Crippen LogP contribution in [0.15, 0.2) is 41.0 Å². The van der Waals surface area contributed by atoms with Crippen molar-refractivity contribution in [2.75, 3.05) is 6.54 Å². The van der Waals surface area contributed by atoms with E-state index in [4.69, 9.17) is 10.5 Å². The molecule has 2 N–H and O–H groups in total. The molecule has 1 aromatic carbocycles. The molecule has 0 aliphatic heterocycles.